The lowest BCUT2D eigenvalue weighted by atomic mass is 9.97. The molecule has 0 atom stereocenters. The molecule has 2 N–H and O–H groups in total. The van der Waals surface area contributed by atoms with Crippen molar-refractivity contribution in [1.82, 2.24) is 4.31 Å². The summed E-state index contributed by atoms with van der Waals surface area (Å²) >= 11 is 0. The molecule has 33 heavy (non-hydrogen) atoms. The highest BCUT2D eigenvalue weighted by molar-refractivity contribution is 7.89. The Kier molecular flexibility index (Phi) is 7.43. The number of hydrogen-bond donors (Lipinski definition) is 2. The SMILES string of the molecule is CCC(=O)Nc1ccc(NC(=O)C2CCN(S(=O)(=O)c3cccc(C(F)(F)F)c3)CC2)cc1. The maximum atomic E-state index is 12.9. The molecule has 7 nitrogen and oxygen atoms in total. The van der Waals surface area contributed by atoms with Gasteiger partial charge in [0.05, 0.1) is 10.5 Å². The Bertz CT molecular complexity index is 1110. The zero-order valence-corrected chi connectivity index (χ0v) is 18.7. The first kappa shape index (κ1) is 24.7. The number of rotatable bonds is 6. The van der Waals surface area contributed by atoms with E-state index in [-0.39, 0.29) is 37.7 Å². The van der Waals surface area contributed by atoms with Crippen molar-refractivity contribution in [3.63, 3.8) is 0 Å². The molecule has 0 bridgehead atoms. The second-order valence-electron chi connectivity index (χ2n) is 7.67. The van der Waals surface area contributed by atoms with Crippen molar-refractivity contribution in [3.05, 3.63) is 54.1 Å². The first-order valence-electron chi connectivity index (χ1n) is 10.4. The second-order valence-corrected chi connectivity index (χ2v) is 9.61. The van der Waals surface area contributed by atoms with Crippen molar-refractivity contribution >= 4 is 33.2 Å². The van der Waals surface area contributed by atoms with Crippen molar-refractivity contribution in [2.24, 2.45) is 5.92 Å². The molecule has 2 amide bonds. The van der Waals surface area contributed by atoms with Crippen LogP contribution in [-0.4, -0.2) is 37.6 Å². The lowest BCUT2D eigenvalue weighted by molar-refractivity contribution is -0.137. The Labute approximate surface area is 190 Å². The topological polar surface area (TPSA) is 95.6 Å². The molecule has 1 aliphatic heterocycles. The predicted molar refractivity (Wildman–Crippen MR) is 117 cm³/mol. The number of carbonyl (C=O) groups is 2. The Morgan fingerprint density at radius 1 is 1.00 bits per heavy atom. The Morgan fingerprint density at radius 3 is 2.12 bits per heavy atom. The largest absolute Gasteiger partial charge is 0.416 e. The van der Waals surface area contributed by atoms with Crippen LogP contribution < -0.4 is 10.6 Å². The molecule has 0 unspecified atom stereocenters. The lowest BCUT2D eigenvalue weighted by Crippen LogP contribution is -2.41. The van der Waals surface area contributed by atoms with Gasteiger partial charge in [-0.2, -0.15) is 17.5 Å². The van der Waals surface area contributed by atoms with Crippen LogP contribution in [-0.2, 0) is 25.8 Å². The highest BCUT2D eigenvalue weighted by atomic mass is 32.2. The van der Waals surface area contributed by atoms with Crippen molar-refractivity contribution in [3.8, 4) is 0 Å². The summed E-state index contributed by atoms with van der Waals surface area (Å²) in [4.78, 5) is 23.6. The molecule has 1 aliphatic rings. The monoisotopic (exact) mass is 483 g/mol. The minimum atomic E-state index is -4.64. The summed E-state index contributed by atoms with van der Waals surface area (Å²) in [5.74, 6) is -0.826. The fourth-order valence-corrected chi connectivity index (χ4v) is 4.99. The van der Waals surface area contributed by atoms with Crippen molar-refractivity contribution in [2.45, 2.75) is 37.3 Å². The van der Waals surface area contributed by atoms with E-state index in [4.69, 9.17) is 0 Å². The third-order valence-corrected chi connectivity index (χ3v) is 7.28. The average Bonchev–Trinajstić information content (AvgIpc) is 2.80. The van der Waals surface area contributed by atoms with Crippen LogP contribution in [0.3, 0.4) is 0 Å². The van der Waals surface area contributed by atoms with Gasteiger partial charge in [0.1, 0.15) is 0 Å². The van der Waals surface area contributed by atoms with Crippen LogP contribution in [0.15, 0.2) is 53.4 Å². The molecule has 0 saturated carbocycles. The van der Waals surface area contributed by atoms with Gasteiger partial charge in [0, 0.05) is 36.8 Å². The van der Waals surface area contributed by atoms with Gasteiger partial charge in [0.25, 0.3) is 0 Å². The van der Waals surface area contributed by atoms with E-state index < -0.39 is 32.6 Å². The molecule has 0 radical (unpaired) electrons. The number of anilines is 2. The Morgan fingerprint density at radius 2 is 1.58 bits per heavy atom. The average molecular weight is 484 g/mol. The van der Waals surface area contributed by atoms with Gasteiger partial charge in [-0.1, -0.05) is 13.0 Å². The van der Waals surface area contributed by atoms with E-state index in [0.717, 1.165) is 22.5 Å². The molecule has 1 saturated heterocycles. The maximum Gasteiger partial charge on any atom is 0.416 e. The van der Waals surface area contributed by atoms with Gasteiger partial charge >= 0.3 is 6.18 Å². The third kappa shape index (κ3) is 6.11. The van der Waals surface area contributed by atoms with Crippen LogP contribution >= 0.6 is 0 Å². The van der Waals surface area contributed by atoms with Crippen LogP contribution in [0.4, 0.5) is 24.5 Å². The van der Waals surface area contributed by atoms with Gasteiger partial charge in [-0.15, -0.1) is 0 Å². The fourth-order valence-electron chi connectivity index (χ4n) is 3.47. The quantitative estimate of drug-likeness (QED) is 0.647. The number of nitrogens with zero attached hydrogens (tertiary/aromatic N) is 1. The van der Waals surface area contributed by atoms with Crippen molar-refractivity contribution < 1.29 is 31.2 Å². The first-order chi connectivity index (χ1) is 15.5. The minimum absolute atomic E-state index is 0.0264. The van der Waals surface area contributed by atoms with E-state index >= 15 is 0 Å². The zero-order chi connectivity index (χ0) is 24.2. The molecule has 2 aromatic rings. The molecule has 0 spiro atoms. The highest BCUT2D eigenvalue weighted by Crippen LogP contribution is 2.32. The summed E-state index contributed by atoms with van der Waals surface area (Å²) < 4.78 is 65.5. The maximum absolute atomic E-state index is 12.9. The minimum Gasteiger partial charge on any atom is -0.326 e. The number of alkyl halides is 3. The molecule has 2 aromatic carbocycles. The predicted octanol–water partition coefficient (Wildman–Crippen LogP) is 4.09. The van der Waals surface area contributed by atoms with Gasteiger partial charge < -0.3 is 10.6 Å². The van der Waals surface area contributed by atoms with E-state index in [1.807, 2.05) is 0 Å². The summed E-state index contributed by atoms with van der Waals surface area (Å²) in [6.45, 7) is 1.79. The van der Waals surface area contributed by atoms with Crippen molar-refractivity contribution in [1.29, 1.82) is 0 Å². The standard InChI is InChI=1S/C22H24F3N3O4S/c1-2-20(29)26-17-6-8-18(9-7-17)27-21(30)15-10-12-28(13-11-15)33(31,32)19-5-3-4-16(14-19)22(23,24)25/h3-9,14-15H,2,10-13H2,1H3,(H,26,29)(H,27,30). The number of carbonyl (C=O) groups excluding carboxylic acids is 2. The lowest BCUT2D eigenvalue weighted by Gasteiger charge is -2.30. The summed E-state index contributed by atoms with van der Waals surface area (Å²) in [5.41, 5.74) is 0.111. The van der Waals surface area contributed by atoms with Gasteiger partial charge in [0.2, 0.25) is 21.8 Å². The number of halogens is 3. The van der Waals surface area contributed by atoms with Gasteiger partial charge in [-0.05, 0) is 55.3 Å². The van der Waals surface area contributed by atoms with Crippen molar-refractivity contribution in [2.75, 3.05) is 23.7 Å². The summed E-state index contributed by atoms with van der Waals surface area (Å²) in [6.07, 6.45) is -3.81. The molecule has 1 fully saturated rings. The normalized spacial score (nSPS) is 15.8. The molecule has 178 valence electrons. The first-order valence-corrected chi connectivity index (χ1v) is 11.8. The summed E-state index contributed by atoms with van der Waals surface area (Å²) in [6, 6.07) is 10.3. The smallest absolute Gasteiger partial charge is 0.326 e. The van der Waals surface area contributed by atoms with E-state index in [1.165, 1.54) is 0 Å². The molecular formula is C22H24F3N3O4S. The number of piperidine rings is 1. The third-order valence-electron chi connectivity index (χ3n) is 5.38. The molecule has 0 aliphatic carbocycles. The molecular weight excluding hydrogens is 459 g/mol. The number of amides is 2. The number of hydrogen-bond acceptors (Lipinski definition) is 4. The van der Waals surface area contributed by atoms with Crippen LogP contribution in [0.2, 0.25) is 0 Å². The van der Waals surface area contributed by atoms with E-state index in [2.05, 4.69) is 10.6 Å². The summed E-state index contributed by atoms with van der Waals surface area (Å²) in [5, 5.41) is 5.47. The molecule has 11 heteroatoms. The van der Waals surface area contributed by atoms with E-state index in [0.29, 0.717) is 23.9 Å². The van der Waals surface area contributed by atoms with E-state index in [1.54, 1.807) is 31.2 Å². The molecule has 1 heterocycles. The molecule has 0 aromatic heterocycles. The van der Waals surface area contributed by atoms with Crippen LogP contribution in [0, 0.1) is 5.92 Å². The number of nitrogens with one attached hydrogen (secondary N) is 2. The Hall–Kier alpha value is -2.92. The fraction of sp³-hybridized carbons (Fsp3) is 0.364. The van der Waals surface area contributed by atoms with Crippen LogP contribution in [0.25, 0.3) is 0 Å². The second kappa shape index (κ2) is 9.92. The number of sulfonamides is 1. The highest BCUT2D eigenvalue weighted by Gasteiger charge is 2.35. The zero-order valence-electron chi connectivity index (χ0n) is 17.9. The van der Waals surface area contributed by atoms with Gasteiger partial charge in [-0.3, -0.25) is 9.59 Å². The Balaban J connectivity index is 1.59. The van der Waals surface area contributed by atoms with Gasteiger partial charge in [0.15, 0.2) is 0 Å². The van der Waals surface area contributed by atoms with Crippen LogP contribution in [0.1, 0.15) is 31.7 Å². The van der Waals surface area contributed by atoms with Gasteiger partial charge in [-0.25, -0.2) is 8.42 Å². The summed E-state index contributed by atoms with van der Waals surface area (Å²) in [7, 11) is -4.10. The van der Waals surface area contributed by atoms with E-state index in [9.17, 15) is 31.2 Å². The van der Waals surface area contributed by atoms with Crippen LogP contribution in [0.5, 0.6) is 0 Å². The molecule has 3 rings (SSSR count). The number of benzene rings is 2.